The number of hydrogen-bond acceptors (Lipinski definition) is 4. The highest BCUT2D eigenvalue weighted by atomic mass is 16.2. The number of carbonyl (C=O) groups excluding carboxylic acids is 4. The summed E-state index contributed by atoms with van der Waals surface area (Å²) in [6.07, 6.45) is 8.85. The Morgan fingerprint density at radius 2 is 1.61 bits per heavy atom. The summed E-state index contributed by atoms with van der Waals surface area (Å²) < 4.78 is 0. The lowest BCUT2D eigenvalue weighted by atomic mass is 9.85. The summed E-state index contributed by atoms with van der Waals surface area (Å²) in [4.78, 5) is 49.2. The summed E-state index contributed by atoms with van der Waals surface area (Å²) in [5.74, 6) is -1.96. The zero-order valence-electron chi connectivity index (χ0n) is 12.9. The number of rotatable bonds is 3. The number of urea groups is 1. The van der Waals surface area contributed by atoms with E-state index in [1.807, 2.05) is 12.2 Å². The smallest absolute Gasteiger partial charge is 0.321 e. The number of allylic oxidation sites excluding steroid dienone is 2. The third kappa shape index (κ3) is 3.28. The first kappa shape index (κ1) is 15.7. The molecule has 2 atom stereocenters. The van der Waals surface area contributed by atoms with E-state index in [-0.39, 0.29) is 36.2 Å². The molecule has 7 heteroatoms. The van der Waals surface area contributed by atoms with Crippen molar-refractivity contribution in [2.75, 3.05) is 6.54 Å². The fourth-order valence-corrected chi connectivity index (χ4v) is 3.63. The van der Waals surface area contributed by atoms with Crippen LogP contribution in [0.5, 0.6) is 0 Å². The minimum absolute atomic E-state index is 0.104. The zero-order chi connectivity index (χ0) is 16.4. The highest BCUT2D eigenvalue weighted by Gasteiger charge is 2.47. The largest absolute Gasteiger partial charge is 0.335 e. The third-order valence-corrected chi connectivity index (χ3v) is 4.84. The van der Waals surface area contributed by atoms with Crippen molar-refractivity contribution in [3.63, 3.8) is 0 Å². The van der Waals surface area contributed by atoms with Crippen molar-refractivity contribution in [3.05, 3.63) is 12.2 Å². The molecule has 1 aliphatic heterocycles. The molecule has 3 rings (SSSR count). The van der Waals surface area contributed by atoms with E-state index < -0.39 is 11.9 Å². The van der Waals surface area contributed by atoms with Gasteiger partial charge in [0, 0.05) is 6.04 Å². The third-order valence-electron chi connectivity index (χ3n) is 4.84. The van der Waals surface area contributed by atoms with Gasteiger partial charge in [0.1, 0.15) is 6.54 Å². The molecule has 3 aliphatic rings. The highest BCUT2D eigenvalue weighted by molar-refractivity contribution is 6.08. The summed E-state index contributed by atoms with van der Waals surface area (Å²) in [7, 11) is 0. The molecule has 0 aromatic rings. The van der Waals surface area contributed by atoms with Gasteiger partial charge in [-0.1, -0.05) is 25.0 Å². The molecule has 2 fully saturated rings. The molecule has 7 nitrogen and oxygen atoms in total. The van der Waals surface area contributed by atoms with Crippen LogP contribution in [0.25, 0.3) is 0 Å². The van der Waals surface area contributed by atoms with E-state index in [9.17, 15) is 19.2 Å². The van der Waals surface area contributed by atoms with Gasteiger partial charge in [-0.05, 0) is 25.7 Å². The summed E-state index contributed by atoms with van der Waals surface area (Å²) in [5.41, 5.74) is 0. The van der Waals surface area contributed by atoms with Crippen molar-refractivity contribution < 1.29 is 19.2 Å². The molecule has 1 saturated carbocycles. The lowest BCUT2D eigenvalue weighted by Gasteiger charge is -2.15. The Morgan fingerprint density at radius 1 is 1.04 bits per heavy atom. The van der Waals surface area contributed by atoms with Gasteiger partial charge in [0.2, 0.25) is 17.7 Å². The second-order valence-electron chi connectivity index (χ2n) is 6.42. The van der Waals surface area contributed by atoms with E-state index in [1.54, 1.807) is 0 Å². The molecular formula is C16H21N3O4. The van der Waals surface area contributed by atoms with E-state index in [0.717, 1.165) is 30.6 Å². The number of hydrogen-bond donors (Lipinski definition) is 2. The van der Waals surface area contributed by atoms with Crippen LogP contribution in [0.2, 0.25) is 0 Å². The zero-order valence-corrected chi connectivity index (χ0v) is 12.9. The van der Waals surface area contributed by atoms with E-state index >= 15 is 0 Å². The van der Waals surface area contributed by atoms with Crippen LogP contribution >= 0.6 is 0 Å². The van der Waals surface area contributed by atoms with Crippen molar-refractivity contribution in [3.8, 4) is 0 Å². The molecule has 0 unspecified atom stereocenters. The van der Waals surface area contributed by atoms with Gasteiger partial charge in [-0.25, -0.2) is 4.79 Å². The Hall–Kier alpha value is -2.18. The first-order valence-corrected chi connectivity index (χ1v) is 8.17. The molecule has 2 aliphatic carbocycles. The fraction of sp³-hybridized carbons (Fsp3) is 0.625. The van der Waals surface area contributed by atoms with Crippen LogP contribution in [0.4, 0.5) is 4.79 Å². The molecular weight excluding hydrogens is 298 g/mol. The second kappa shape index (κ2) is 6.52. The summed E-state index contributed by atoms with van der Waals surface area (Å²) >= 11 is 0. The molecule has 0 radical (unpaired) electrons. The Morgan fingerprint density at radius 3 is 2.17 bits per heavy atom. The number of amides is 5. The van der Waals surface area contributed by atoms with E-state index in [1.165, 1.54) is 0 Å². The lowest BCUT2D eigenvalue weighted by Crippen LogP contribution is -2.48. The monoisotopic (exact) mass is 319 g/mol. The standard InChI is InChI=1S/C16H21N3O4/c20-13(18-16(23)17-10-5-1-2-6-10)9-19-14(21)11-7-3-4-8-12(11)15(19)22/h3-4,10-12H,1-2,5-9H2,(H2,17,18,20,23)/t11-,12-/m0/s1. The highest BCUT2D eigenvalue weighted by Crippen LogP contribution is 2.34. The average Bonchev–Trinajstić information content (AvgIpc) is 3.11. The van der Waals surface area contributed by atoms with Crippen LogP contribution in [-0.2, 0) is 14.4 Å². The molecule has 1 heterocycles. The van der Waals surface area contributed by atoms with Crippen LogP contribution in [0, 0.1) is 11.8 Å². The Labute approximate surface area is 134 Å². The SMILES string of the molecule is O=C(CN1C(=O)[C@H]2CC=CC[C@@H]2C1=O)NC(=O)NC1CCCC1. The molecule has 0 aromatic carbocycles. The summed E-state index contributed by atoms with van der Waals surface area (Å²) in [6, 6.07) is -0.452. The Kier molecular flexibility index (Phi) is 4.45. The molecule has 0 spiro atoms. The Bertz CT molecular complexity index is 540. The second-order valence-corrected chi connectivity index (χ2v) is 6.42. The first-order valence-electron chi connectivity index (χ1n) is 8.17. The van der Waals surface area contributed by atoms with Crippen LogP contribution in [0.3, 0.4) is 0 Å². The van der Waals surface area contributed by atoms with Gasteiger partial charge in [0.05, 0.1) is 11.8 Å². The predicted molar refractivity (Wildman–Crippen MR) is 81.0 cm³/mol. The summed E-state index contributed by atoms with van der Waals surface area (Å²) in [6.45, 7) is -0.386. The number of imide groups is 2. The van der Waals surface area contributed by atoms with Crippen molar-refractivity contribution in [2.45, 2.75) is 44.6 Å². The minimum atomic E-state index is -0.631. The molecule has 0 aromatic heterocycles. The molecule has 23 heavy (non-hydrogen) atoms. The normalized spacial score (nSPS) is 27.2. The van der Waals surface area contributed by atoms with Gasteiger partial charge in [0.15, 0.2) is 0 Å². The van der Waals surface area contributed by atoms with Crippen LogP contribution in [0.1, 0.15) is 38.5 Å². The van der Waals surface area contributed by atoms with Gasteiger partial charge in [-0.15, -0.1) is 0 Å². The van der Waals surface area contributed by atoms with E-state index in [2.05, 4.69) is 10.6 Å². The van der Waals surface area contributed by atoms with Crippen molar-refractivity contribution in [2.24, 2.45) is 11.8 Å². The number of carbonyl (C=O) groups is 4. The Balaban J connectivity index is 1.52. The number of nitrogens with zero attached hydrogens (tertiary/aromatic N) is 1. The minimum Gasteiger partial charge on any atom is -0.335 e. The number of nitrogens with one attached hydrogen (secondary N) is 2. The molecule has 1 saturated heterocycles. The molecule has 0 bridgehead atoms. The van der Waals surface area contributed by atoms with Gasteiger partial charge < -0.3 is 5.32 Å². The van der Waals surface area contributed by atoms with Crippen molar-refractivity contribution in [1.82, 2.24) is 15.5 Å². The maximum Gasteiger partial charge on any atom is 0.321 e. The first-order chi connectivity index (χ1) is 11.1. The quantitative estimate of drug-likeness (QED) is 0.591. The van der Waals surface area contributed by atoms with E-state index in [0.29, 0.717) is 12.8 Å². The predicted octanol–water partition coefficient (Wildman–Crippen LogP) is 0.706. The molecule has 5 amide bonds. The lowest BCUT2D eigenvalue weighted by molar-refractivity contribution is -0.143. The maximum atomic E-state index is 12.2. The number of fused-ring (bicyclic) bond motifs is 1. The molecule has 2 N–H and O–H groups in total. The van der Waals surface area contributed by atoms with Crippen LogP contribution in [0.15, 0.2) is 12.2 Å². The van der Waals surface area contributed by atoms with Gasteiger partial charge >= 0.3 is 6.03 Å². The van der Waals surface area contributed by atoms with Crippen molar-refractivity contribution >= 4 is 23.8 Å². The van der Waals surface area contributed by atoms with Crippen molar-refractivity contribution in [1.29, 1.82) is 0 Å². The maximum absolute atomic E-state index is 12.2. The topological polar surface area (TPSA) is 95.6 Å². The van der Waals surface area contributed by atoms with Gasteiger partial charge in [-0.3, -0.25) is 24.6 Å². The number of likely N-dealkylation sites (tertiary alicyclic amines) is 1. The molecule has 124 valence electrons. The van der Waals surface area contributed by atoms with Crippen LogP contribution in [-0.4, -0.2) is 41.2 Å². The average molecular weight is 319 g/mol. The van der Waals surface area contributed by atoms with E-state index in [4.69, 9.17) is 0 Å². The van der Waals surface area contributed by atoms with Crippen LogP contribution < -0.4 is 10.6 Å². The van der Waals surface area contributed by atoms with Gasteiger partial charge in [0.25, 0.3) is 0 Å². The van der Waals surface area contributed by atoms with Gasteiger partial charge in [-0.2, -0.15) is 0 Å². The summed E-state index contributed by atoms with van der Waals surface area (Å²) in [5, 5.41) is 4.94. The fourth-order valence-electron chi connectivity index (χ4n) is 3.63.